The second kappa shape index (κ2) is 8.37. The molecule has 132 valence electrons. The van der Waals surface area contributed by atoms with Crippen LogP contribution in [0.25, 0.3) is 0 Å². The Hall–Kier alpha value is -2.76. The third kappa shape index (κ3) is 4.62. The molecular weight excluding hydrogens is 316 g/mol. The Morgan fingerprint density at radius 2 is 2.04 bits per heavy atom. The minimum atomic E-state index is 0.265. The summed E-state index contributed by atoms with van der Waals surface area (Å²) in [6.07, 6.45) is 6.64. The Kier molecular flexibility index (Phi) is 5.72. The van der Waals surface area contributed by atoms with Gasteiger partial charge in [-0.05, 0) is 43.9 Å². The van der Waals surface area contributed by atoms with E-state index in [2.05, 4.69) is 15.3 Å². The molecule has 2 aromatic rings. The largest absolute Gasteiger partial charge is 0.495 e. The number of para-hydroxylation sites is 2. The molecule has 0 saturated heterocycles. The Balaban J connectivity index is 1.66. The van der Waals surface area contributed by atoms with Crippen LogP contribution in [0.3, 0.4) is 0 Å². The highest BCUT2D eigenvalue weighted by Crippen LogP contribution is 2.26. The molecule has 1 aromatic heterocycles. The van der Waals surface area contributed by atoms with Gasteiger partial charge in [-0.3, -0.25) is 0 Å². The number of anilines is 1. The molecular formula is C19H24N4O2. The van der Waals surface area contributed by atoms with Crippen molar-refractivity contribution in [3.63, 3.8) is 0 Å². The Morgan fingerprint density at radius 3 is 2.84 bits per heavy atom. The van der Waals surface area contributed by atoms with E-state index in [1.807, 2.05) is 36.4 Å². The van der Waals surface area contributed by atoms with Gasteiger partial charge in [-0.2, -0.15) is 0 Å². The van der Waals surface area contributed by atoms with Crippen LogP contribution in [0.4, 0.5) is 5.69 Å². The highest BCUT2D eigenvalue weighted by molar-refractivity contribution is 5.93. The number of benzene rings is 1. The first-order chi connectivity index (χ1) is 12.3. The lowest BCUT2D eigenvalue weighted by Gasteiger charge is -2.14. The van der Waals surface area contributed by atoms with Gasteiger partial charge < -0.3 is 20.5 Å². The van der Waals surface area contributed by atoms with Crippen molar-refractivity contribution >= 4 is 11.6 Å². The number of aromatic nitrogens is 1. The number of guanidine groups is 1. The molecule has 6 nitrogen and oxygen atoms in total. The van der Waals surface area contributed by atoms with Crippen molar-refractivity contribution in [2.45, 2.75) is 38.3 Å². The number of ether oxygens (including phenoxy) is 2. The van der Waals surface area contributed by atoms with Crippen LogP contribution >= 0.6 is 0 Å². The van der Waals surface area contributed by atoms with Gasteiger partial charge in [-0.25, -0.2) is 9.98 Å². The van der Waals surface area contributed by atoms with Gasteiger partial charge in [0.2, 0.25) is 5.88 Å². The first-order valence-corrected chi connectivity index (χ1v) is 8.57. The summed E-state index contributed by atoms with van der Waals surface area (Å²) in [7, 11) is 1.62. The van der Waals surface area contributed by atoms with Crippen LogP contribution in [-0.2, 0) is 6.54 Å². The minimum absolute atomic E-state index is 0.265. The quantitative estimate of drug-likeness (QED) is 0.622. The average molecular weight is 340 g/mol. The average Bonchev–Trinajstić information content (AvgIpc) is 3.14. The van der Waals surface area contributed by atoms with E-state index < -0.39 is 0 Å². The number of methoxy groups -OCH3 is 1. The summed E-state index contributed by atoms with van der Waals surface area (Å²) >= 11 is 0. The smallest absolute Gasteiger partial charge is 0.218 e. The van der Waals surface area contributed by atoms with Crippen molar-refractivity contribution < 1.29 is 9.47 Å². The first-order valence-electron chi connectivity index (χ1n) is 8.57. The molecule has 1 aliphatic carbocycles. The number of hydrogen-bond donors (Lipinski definition) is 2. The Morgan fingerprint density at radius 1 is 1.24 bits per heavy atom. The SMILES string of the molecule is COc1ccccc1NC(N)=NCc1cccnc1OC1CCCC1. The summed E-state index contributed by atoms with van der Waals surface area (Å²) in [5.41, 5.74) is 7.72. The van der Waals surface area contributed by atoms with E-state index in [9.17, 15) is 0 Å². The number of rotatable bonds is 6. The molecule has 0 amide bonds. The van der Waals surface area contributed by atoms with Gasteiger partial charge in [0.05, 0.1) is 19.3 Å². The molecule has 0 unspecified atom stereocenters. The third-order valence-electron chi connectivity index (χ3n) is 4.22. The molecule has 0 radical (unpaired) electrons. The fourth-order valence-corrected chi connectivity index (χ4v) is 2.91. The lowest BCUT2D eigenvalue weighted by Crippen LogP contribution is -2.23. The molecule has 1 saturated carbocycles. The fraction of sp³-hybridized carbons (Fsp3) is 0.368. The standard InChI is InChI=1S/C19H24N4O2/c1-24-17-11-5-4-10-16(17)23-19(20)22-13-14-7-6-12-21-18(14)25-15-8-2-3-9-15/h4-7,10-12,15H,2-3,8-9,13H2,1H3,(H3,20,22,23). The molecule has 0 aliphatic heterocycles. The Labute approximate surface area is 148 Å². The number of nitrogens with one attached hydrogen (secondary N) is 1. The van der Waals surface area contributed by atoms with Crippen LogP contribution < -0.4 is 20.5 Å². The summed E-state index contributed by atoms with van der Waals surface area (Å²) in [6.45, 7) is 0.407. The normalized spacial score (nSPS) is 15.2. The molecule has 1 fully saturated rings. The van der Waals surface area contributed by atoms with Crippen molar-refractivity contribution in [1.82, 2.24) is 4.98 Å². The maximum atomic E-state index is 6.03. The Bertz CT molecular complexity index is 727. The lowest BCUT2D eigenvalue weighted by molar-refractivity contribution is 0.199. The number of hydrogen-bond acceptors (Lipinski definition) is 4. The number of nitrogens with two attached hydrogens (primary N) is 1. The van der Waals surface area contributed by atoms with Crippen molar-refractivity contribution in [3.05, 3.63) is 48.2 Å². The third-order valence-corrected chi connectivity index (χ3v) is 4.22. The molecule has 1 heterocycles. The fourth-order valence-electron chi connectivity index (χ4n) is 2.91. The van der Waals surface area contributed by atoms with Crippen LogP contribution in [0.15, 0.2) is 47.6 Å². The molecule has 25 heavy (non-hydrogen) atoms. The van der Waals surface area contributed by atoms with Crippen LogP contribution in [0.1, 0.15) is 31.2 Å². The molecule has 1 aromatic carbocycles. The summed E-state index contributed by atoms with van der Waals surface area (Å²) in [6, 6.07) is 11.4. The maximum absolute atomic E-state index is 6.03. The zero-order valence-corrected chi connectivity index (χ0v) is 14.4. The van der Waals surface area contributed by atoms with Crippen molar-refractivity contribution in [1.29, 1.82) is 0 Å². The number of nitrogens with zero attached hydrogens (tertiary/aromatic N) is 2. The van der Waals surface area contributed by atoms with Crippen molar-refractivity contribution in [3.8, 4) is 11.6 Å². The number of aliphatic imine (C=N–C) groups is 1. The second-order valence-corrected chi connectivity index (χ2v) is 6.02. The lowest BCUT2D eigenvalue weighted by atomic mass is 10.2. The van der Waals surface area contributed by atoms with E-state index in [1.165, 1.54) is 12.8 Å². The van der Waals surface area contributed by atoms with E-state index in [0.29, 0.717) is 24.1 Å². The van der Waals surface area contributed by atoms with E-state index in [1.54, 1.807) is 13.3 Å². The highest BCUT2D eigenvalue weighted by Gasteiger charge is 2.18. The van der Waals surface area contributed by atoms with Crippen LogP contribution in [0.5, 0.6) is 11.6 Å². The monoisotopic (exact) mass is 340 g/mol. The van der Waals surface area contributed by atoms with E-state index in [-0.39, 0.29) is 6.10 Å². The van der Waals surface area contributed by atoms with E-state index in [0.717, 1.165) is 24.1 Å². The zero-order chi connectivity index (χ0) is 17.5. The van der Waals surface area contributed by atoms with Gasteiger partial charge in [0.25, 0.3) is 0 Å². The van der Waals surface area contributed by atoms with Gasteiger partial charge in [0.1, 0.15) is 11.9 Å². The molecule has 6 heteroatoms. The van der Waals surface area contributed by atoms with Crippen molar-refractivity contribution in [2.24, 2.45) is 10.7 Å². The first kappa shape index (κ1) is 17.1. The topological polar surface area (TPSA) is 81.8 Å². The van der Waals surface area contributed by atoms with E-state index in [4.69, 9.17) is 15.2 Å². The van der Waals surface area contributed by atoms with Crippen LogP contribution in [0.2, 0.25) is 0 Å². The summed E-state index contributed by atoms with van der Waals surface area (Å²) in [5.74, 6) is 1.69. The zero-order valence-electron chi connectivity index (χ0n) is 14.4. The molecule has 0 atom stereocenters. The van der Waals surface area contributed by atoms with Gasteiger partial charge in [-0.1, -0.05) is 18.2 Å². The van der Waals surface area contributed by atoms with Gasteiger partial charge in [0, 0.05) is 11.8 Å². The number of pyridine rings is 1. The molecule has 3 rings (SSSR count). The maximum Gasteiger partial charge on any atom is 0.218 e. The summed E-state index contributed by atoms with van der Waals surface area (Å²) in [5, 5.41) is 3.07. The molecule has 0 spiro atoms. The minimum Gasteiger partial charge on any atom is -0.495 e. The highest BCUT2D eigenvalue weighted by atomic mass is 16.5. The molecule has 1 aliphatic rings. The van der Waals surface area contributed by atoms with Gasteiger partial charge in [0.15, 0.2) is 5.96 Å². The predicted molar refractivity (Wildman–Crippen MR) is 99.1 cm³/mol. The molecule has 0 bridgehead atoms. The predicted octanol–water partition coefficient (Wildman–Crippen LogP) is 3.34. The van der Waals surface area contributed by atoms with Gasteiger partial charge >= 0.3 is 0 Å². The van der Waals surface area contributed by atoms with Crippen molar-refractivity contribution in [2.75, 3.05) is 12.4 Å². The molecule has 3 N–H and O–H groups in total. The van der Waals surface area contributed by atoms with Gasteiger partial charge in [-0.15, -0.1) is 0 Å². The second-order valence-electron chi connectivity index (χ2n) is 6.02. The van der Waals surface area contributed by atoms with Crippen LogP contribution in [0, 0.1) is 0 Å². The van der Waals surface area contributed by atoms with Crippen LogP contribution in [-0.4, -0.2) is 24.2 Å². The summed E-state index contributed by atoms with van der Waals surface area (Å²) < 4.78 is 11.3. The van der Waals surface area contributed by atoms with E-state index >= 15 is 0 Å². The summed E-state index contributed by atoms with van der Waals surface area (Å²) in [4.78, 5) is 8.77.